The molecule has 2 aromatic heterocycles. The van der Waals surface area contributed by atoms with Gasteiger partial charge in [0, 0.05) is 23.2 Å². The van der Waals surface area contributed by atoms with Gasteiger partial charge in [0.1, 0.15) is 11.5 Å². The first-order chi connectivity index (χ1) is 13.3. The number of anilines is 1. The molecule has 3 rings (SSSR count). The molecular formula is C21H29N3O3S. The molecule has 1 aliphatic rings. The Labute approximate surface area is 170 Å². The minimum atomic E-state index is -0.860. The zero-order valence-electron chi connectivity index (χ0n) is 16.7. The second-order valence-electron chi connectivity index (χ2n) is 8.33. The van der Waals surface area contributed by atoms with E-state index >= 15 is 0 Å². The predicted molar refractivity (Wildman–Crippen MR) is 112 cm³/mol. The molecule has 0 saturated heterocycles. The number of rotatable bonds is 7. The molecule has 0 amide bonds. The Morgan fingerprint density at radius 3 is 2.57 bits per heavy atom. The van der Waals surface area contributed by atoms with E-state index < -0.39 is 5.97 Å². The maximum Gasteiger partial charge on any atom is 0.348 e. The third-order valence-corrected chi connectivity index (χ3v) is 6.50. The summed E-state index contributed by atoms with van der Waals surface area (Å²) < 4.78 is 0. The molecule has 0 aliphatic heterocycles. The molecule has 0 aromatic carbocycles. The van der Waals surface area contributed by atoms with E-state index in [1.54, 1.807) is 6.20 Å². The van der Waals surface area contributed by atoms with Crippen molar-refractivity contribution in [2.24, 2.45) is 0 Å². The van der Waals surface area contributed by atoms with Crippen molar-refractivity contribution in [1.82, 2.24) is 10.5 Å². The zero-order valence-corrected chi connectivity index (χ0v) is 17.5. The van der Waals surface area contributed by atoms with E-state index in [2.05, 4.69) is 36.6 Å². The van der Waals surface area contributed by atoms with Crippen LogP contribution in [-0.4, -0.2) is 28.1 Å². The number of carbonyl (C=O) groups is 1. The first-order valence-electron chi connectivity index (χ1n) is 9.74. The highest BCUT2D eigenvalue weighted by molar-refractivity contribution is 7.14. The molecule has 3 N–H and O–H groups in total. The third kappa shape index (κ3) is 5.53. The van der Waals surface area contributed by atoms with Crippen molar-refractivity contribution in [3.05, 3.63) is 45.9 Å². The van der Waals surface area contributed by atoms with Crippen LogP contribution >= 0.6 is 11.3 Å². The van der Waals surface area contributed by atoms with Gasteiger partial charge in [0.25, 0.3) is 0 Å². The summed E-state index contributed by atoms with van der Waals surface area (Å²) in [7, 11) is 0. The van der Waals surface area contributed by atoms with Gasteiger partial charge in [0.05, 0.1) is 11.4 Å². The molecular weight excluding hydrogens is 374 g/mol. The molecule has 0 bridgehead atoms. The van der Waals surface area contributed by atoms with Gasteiger partial charge >= 0.3 is 5.97 Å². The zero-order chi connectivity index (χ0) is 20.1. The number of pyridine rings is 1. The van der Waals surface area contributed by atoms with Crippen LogP contribution in [0.3, 0.4) is 0 Å². The number of carboxylic acids is 1. The van der Waals surface area contributed by atoms with E-state index in [-0.39, 0.29) is 11.5 Å². The van der Waals surface area contributed by atoms with E-state index in [0.717, 1.165) is 41.9 Å². The van der Waals surface area contributed by atoms with Gasteiger partial charge < -0.3 is 10.4 Å². The minimum Gasteiger partial charge on any atom is -0.477 e. The monoisotopic (exact) mass is 403 g/mol. The van der Waals surface area contributed by atoms with Gasteiger partial charge in [-0.1, -0.05) is 26.8 Å². The average molecular weight is 404 g/mol. The largest absolute Gasteiger partial charge is 0.477 e. The molecule has 0 radical (unpaired) electrons. The number of nitrogens with one attached hydrogen (secondary N) is 2. The maximum absolute atomic E-state index is 11.6. The van der Waals surface area contributed by atoms with Crippen LogP contribution in [0.1, 0.15) is 66.7 Å². The number of hydroxylamine groups is 1. The van der Waals surface area contributed by atoms with Crippen LogP contribution in [-0.2, 0) is 16.9 Å². The highest BCUT2D eigenvalue weighted by Crippen LogP contribution is 2.36. The molecule has 2 heterocycles. The first kappa shape index (κ1) is 20.8. The van der Waals surface area contributed by atoms with Crippen LogP contribution in [0.5, 0.6) is 0 Å². The van der Waals surface area contributed by atoms with Gasteiger partial charge in [-0.3, -0.25) is 9.82 Å². The van der Waals surface area contributed by atoms with E-state index in [4.69, 9.17) is 4.84 Å². The topological polar surface area (TPSA) is 83.5 Å². The standard InChI is InChI=1S/C21H29N3O3S/c1-21(2,3)18-12-17(19(28-18)20(25)26)23-14-7-9-15(10-8-14)24-27-13-16-6-4-5-11-22-16/h4-6,11-12,14-15,23-24H,7-10,13H2,1-3H3,(H,25,26). The van der Waals surface area contributed by atoms with Crippen molar-refractivity contribution in [3.8, 4) is 0 Å². The van der Waals surface area contributed by atoms with Crippen molar-refractivity contribution in [2.45, 2.75) is 70.6 Å². The SMILES string of the molecule is CC(C)(C)c1cc(NC2CCC(NOCc3ccccn3)CC2)c(C(=O)O)s1. The number of aromatic carboxylic acids is 1. The van der Waals surface area contributed by atoms with Crippen LogP contribution in [0.4, 0.5) is 5.69 Å². The number of hydrogen-bond donors (Lipinski definition) is 3. The van der Waals surface area contributed by atoms with E-state index in [1.165, 1.54) is 11.3 Å². The van der Waals surface area contributed by atoms with Gasteiger partial charge in [0.15, 0.2) is 0 Å². The number of carboxylic acid groups (broad SMARTS) is 1. The van der Waals surface area contributed by atoms with Crippen LogP contribution in [0.25, 0.3) is 0 Å². The van der Waals surface area contributed by atoms with Crippen molar-refractivity contribution in [1.29, 1.82) is 0 Å². The summed E-state index contributed by atoms with van der Waals surface area (Å²) in [6, 6.07) is 8.38. The Hall–Kier alpha value is -1.96. The number of nitrogens with zero attached hydrogens (tertiary/aromatic N) is 1. The highest BCUT2D eigenvalue weighted by Gasteiger charge is 2.26. The van der Waals surface area contributed by atoms with Crippen molar-refractivity contribution >= 4 is 23.0 Å². The molecule has 152 valence electrons. The van der Waals surface area contributed by atoms with Crippen LogP contribution in [0.2, 0.25) is 0 Å². The Kier molecular flexibility index (Phi) is 6.69. The van der Waals surface area contributed by atoms with Crippen LogP contribution in [0, 0.1) is 0 Å². The lowest BCUT2D eigenvalue weighted by Gasteiger charge is -2.30. The Morgan fingerprint density at radius 2 is 1.96 bits per heavy atom. The summed E-state index contributed by atoms with van der Waals surface area (Å²) in [5, 5.41) is 13.0. The van der Waals surface area contributed by atoms with Gasteiger partial charge in [-0.25, -0.2) is 4.79 Å². The van der Waals surface area contributed by atoms with Crippen molar-refractivity contribution in [2.75, 3.05) is 5.32 Å². The first-order valence-corrected chi connectivity index (χ1v) is 10.6. The lowest BCUT2D eigenvalue weighted by Crippen LogP contribution is -2.37. The highest BCUT2D eigenvalue weighted by atomic mass is 32.1. The van der Waals surface area contributed by atoms with Gasteiger partial charge in [-0.05, 0) is 49.3 Å². The molecule has 0 spiro atoms. The summed E-state index contributed by atoms with van der Waals surface area (Å²) >= 11 is 1.37. The van der Waals surface area contributed by atoms with Crippen LogP contribution in [0.15, 0.2) is 30.5 Å². The fraction of sp³-hybridized carbons (Fsp3) is 0.524. The second kappa shape index (κ2) is 9.03. The summed E-state index contributed by atoms with van der Waals surface area (Å²) in [5.74, 6) is -0.860. The molecule has 0 atom stereocenters. The average Bonchev–Trinajstić information content (AvgIpc) is 3.09. The van der Waals surface area contributed by atoms with E-state index in [1.807, 2.05) is 24.3 Å². The van der Waals surface area contributed by atoms with Crippen molar-refractivity contribution in [3.63, 3.8) is 0 Å². The number of thiophene rings is 1. The van der Waals surface area contributed by atoms with Crippen LogP contribution < -0.4 is 10.8 Å². The molecule has 2 aromatic rings. The Balaban J connectivity index is 1.49. The lowest BCUT2D eigenvalue weighted by molar-refractivity contribution is -0.00673. The smallest absolute Gasteiger partial charge is 0.348 e. The lowest BCUT2D eigenvalue weighted by atomic mass is 9.91. The van der Waals surface area contributed by atoms with Crippen molar-refractivity contribution < 1.29 is 14.7 Å². The molecule has 28 heavy (non-hydrogen) atoms. The fourth-order valence-electron chi connectivity index (χ4n) is 3.32. The summed E-state index contributed by atoms with van der Waals surface area (Å²) in [6.07, 6.45) is 5.68. The number of hydrogen-bond acceptors (Lipinski definition) is 6. The normalized spacial score (nSPS) is 20.1. The molecule has 0 unspecified atom stereocenters. The Morgan fingerprint density at radius 1 is 1.25 bits per heavy atom. The summed E-state index contributed by atoms with van der Waals surface area (Å²) in [4.78, 5) is 23.0. The quantitative estimate of drug-likeness (QED) is 0.587. The van der Waals surface area contributed by atoms with Gasteiger partial charge in [-0.15, -0.1) is 11.3 Å². The molecule has 1 aliphatic carbocycles. The predicted octanol–water partition coefficient (Wildman–Crippen LogP) is 4.58. The Bertz CT molecular complexity index is 778. The van der Waals surface area contributed by atoms with E-state index in [9.17, 15) is 9.90 Å². The third-order valence-electron chi connectivity index (χ3n) is 4.95. The minimum absolute atomic E-state index is 0.0542. The van der Waals surface area contributed by atoms with E-state index in [0.29, 0.717) is 17.5 Å². The van der Waals surface area contributed by atoms with Gasteiger partial charge in [-0.2, -0.15) is 5.48 Å². The molecule has 1 fully saturated rings. The number of aromatic nitrogens is 1. The summed E-state index contributed by atoms with van der Waals surface area (Å²) in [6.45, 7) is 6.77. The second-order valence-corrected chi connectivity index (χ2v) is 9.38. The molecule has 6 nitrogen and oxygen atoms in total. The molecule has 1 saturated carbocycles. The maximum atomic E-state index is 11.6. The van der Waals surface area contributed by atoms with Gasteiger partial charge in [0.2, 0.25) is 0 Å². The fourth-order valence-corrected chi connectivity index (χ4v) is 4.34. The molecule has 7 heteroatoms. The summed E-state index contributed by atoms with van der Waals surface area (Å²) in [5.41, 5.74) is 4.75.